The number of methoxy groups -OCH3 is 1. The molecule has 0 bridgehead atoms. The van der Waals surface area contributed by atoms with Crippen molar-refractivity contribution in [3.05, 3.63) is 69.2 Å². The minimum Gasteiger partial charge on any atom is -0.493 e. The third-order valence-corrected chi connectivity index (χ3v) is 5.95. The maximum absolute atomic E-state index is 9.79. The van der Waals surface area contributed by atoms with E-state index in [1.54, 1.807) is 25.3 Å². The van der Waals surface area contributed by atoms with Crippen LogP contribution in [0.1, 0.15) is 42.0 Å². The van der Waals surface area contributed by atoms with Crippen LogP contribution < -0.4 is 9.47 Å². The molecule has 164 valence electrons. The second-order valence-corrected chi connectivity index (χ2v) is 8.35. The van der Waals surface area contributed by atoms with Gasteiger partial charge in [0.2, 0.25) is 0 Å². The van der Waals surface area contributed by atoms with Gasteiger partial charge < -0.3 is 14.0 Å². The normalized spacial score (nSPS) is 13.8. The van der Waals surface area contributed by atoms with Crippen LogP contribution in [0.25, 0.3) is 11.6 Å². The minimum atomic E-state index is 0.275. The van der Waals surface area contributed by atoms with E-state index in [0.29, 0.717) is 32.9 Å². The van der Waals surface area contributed by atoms with E-state index in [1.165, 1.54) is 0 Å². The summed E-state index contributed by atoms with van der Waals surface area (Å²) in [6.07, 6.45) is 6.01. The monoisotopic (exact) mass is 468 g/mol. The molecule has 0 atom stereocenters. The first-order valence-electron chi connectivity index (χ1n) is 10.4. The minimum absolute atomic E-state index is 0.275. The Labute approximate surface area is 197 Å². The quantitative estimate of drug-likeness (QED) is 0.417. The van der Waals surface area contributed by atoms with Gasteiger partial charge in [0.1, 0.15) is 18.5 Å². The number of benzene rings is 2. The lowest BCUT2D eigenvalue weighted by Gasteiger charge is -2.12. The number of nitrogens with zero attached hydrogens (tertiary/aromatic N) is 4. The number of rotatable bonds is 6. The fourth-order valence-electron chi connectivity index (χ4n) is 3.69. The molecule has 0 saturated carbocycles. The van der Waals surface area contributed by atoms with E-state index < -0.39 is 0 Å². The van der Waals surface area contributed by atoms with Crippen LogP contribution in [-0.2, 0) is 19.6 Å². The summed E-state index contributed by atoms with van der Waals surface area (Å²) in [5.74, 6) is 2.69. The van der Waals surface area contributed by atoms with Crippen molar-refractivity contribution in [1.82, 2.24) is 14.8 Å². The average Bonchev–Trinajstić information content (AvgIpc) is 3.04. The molecule has 1 aliphatic heterocycles. The van der Waals surface area contributed by atoms with Crippen LogP contribution in [0.15, 0.2) is 36.4 Å². The van der Waals surface area contributed by atoms with E-state index in [4.69, 9.17) is 32.7 Å². The number of ether oxygens (including phenoxy) is 2. The maximum Gasteiger partial charge on any atom is 0.174 e. The molecule has 2 heterocycles. The van der Waals surface area contributed by atoms with Crippen LogP contribution in [0, 0.1) is 11.3 Å². The van der Waals surface area contributed by atoms with Crippen molar-refractivity contribution in [2.24, 2.45) is 0 Å². The first kappa shape index (κ1) is 22.2. The highest BCUT2D eigenvalue weighted by Crippen LogP contribution is 2.31. The molecule has 0 unspecified atom stereocenters. The molecule has 32 heavy (non-hydrogen) atoms. The van der Waals surface area contributed by atoms with Gasteiger partial charge in [0.25, 0.3) is 0 Å². The number of halogens is 2. The zero-order valence-electron chi connectivity index (χ0n) is 17.6. The number of aromatic nitrogens is 3. The van der Waals surface area contributed by atoms with Gasteiger partial charge in [-0.1, -0.05) is 41.8 Å². The van der Waals surface area contributed by atoms with Gasteiger partial charge in [-0.15, -0.1) is 10.2 Å². The molecule has 1 aliphatic rings. The summed E-state index contributed by atoms with van der Waals surface area (Å²) >= 11 is 12.2. The van der Waals surface area contributed by atoms with Gasteiger partial charge >= 0.3 is 0 Å². The molecule has 0 radical (unpaired) electrons. The van der Waals surface area contributed by atoms with E-state index >= 15 is 0 Å². The lowest BCUT2D eigenvalue weighted by molar-refractivity contribution is 0.284. The molecule has 0 N–H and O–H groups in total. The van der Waals surface area contributed by atoms with E-state index in [9.17, 15) is 5.26 Å². The molecule has 8 heteroatoms. The highest BCUT2D eigenvalue weighted by atomic mass is 35.5. The number of fused-ring (bicyclic) bond motifs is 1. The van der Waals surface area contributed by atoms with Gasteiger partial charge in [-0.3, -0.25) is 0 Å². The molecule has 1 aromatic heterocycles. The molecule has 6 nitrogen and oxygen atoms in total. The first-order chi connectivity index (χ1) is 15.6. The number of aryl methyl sites for hydroxylation is 1. The van der Waals surface area contributed by atoms with E-state index in [2.05, 4.69) is 20.8 Å². The largest absolute Gasteiger partial charge is 0.493 e. The second kappa shape index (κ2) is 10.1. The van der Waals surface area contributed by atoms with E-state index in [1.807, 2.05) is 24.3 Å². The van der Waals surface area contributed by atoms with Crippen LogP contribution in [0.5, 0.6) is 11.5 Å². The van der Waals surface area contributed by atoms with Crippen molar-refractivity contribution in [3.63, 3.8) is 0 Å². The van der Waals surface area contributed by atoms with Crippen molar-refractivity contribution >= 4 is 34.9 Å². The van der Waals surface area contributed by atoms with E-state index in [-0.39, 0.29) is 6.61 Å². The fraction of sp³-hybridized carbons (Fsp3) is 0.292. The van der Waals surface area contributed by atoms with Crippen molar-refractivity contribution in [2.75, 3.05) is 7.11 Å². The summed E-state index contributed by atoms with van der Waals surface area (Å²) in [6.45, 7) is 1.11. The summed E-state index contributed by atoms with van der Waals surface area (Å²) in [5.41, 5.74) is 2.09. The Kier molecular flexibility index (Phi) is 6.99. The predicted molar refractivity (Wildman–Crippen MR) is 125 cm³/mol. The lowest BCUT2D eigenvalue weighted by Crippen LogP contribution is -2.05. The molecule has 0 amide bonds. The Morgan fingerprint density at radius 3 is 2.78 bits per heavy atom. The number of nitriles is 1. The average molecular weight is 469 g/mol. The third-order valence-electron chi connectivity index (χ3n) is 5.37. The molecule has 3 aromatic rings. The summed E-state index contributed by atoms with van der Waals surface area (Å²) in [7, 11) is 1.58. The Morgan fingerprint density at radius 1 is 1.12 bits per heavy atom. The van der Waals surface area contributed by atoms with Crippen LogP contribution in [0.2, 0.25) is 10.0 Å². The lowest BCUT2D eigenvalue weighted by atomic mass is 10.1. The molecule has 0 aliphatic carbocycles. The topological polar surface area (TPSA) is 73.0 Å². The summed E-state index contributed by atoms with van der Waals surface area (Å²) in [5, 5.41) is 19.5. The van der Waals surface area contributed by atoms with Gasteiger partial charge in [-0.05, 0) is 48.7 Å². The number of allylic oxidation sites excluding steroid dienone is 1. The van der Waals surface area contributed by atoms with Crippen LogP contribution in [0.3, 0.4) is 0 Å². The van der Waals surface area contributed by atoms with Gasteiger partial charge in [0.05, 0.1) is 12.7 Å². The van der Waals surface area contributed by atoms with Crippen LogP contribution in [0.4, 0.5) is 0 Å². The van der Waals surface area contributed by atoms with Gasteiger partial charge in [0, 0.05) is 28.6 Å². The molecule has 0 fully saturated rings. The molecule has 0 saturated heterocycles. The van der Waals surface area contributed by atoms with Crippen molar-refractivity contribution < 1.29 is 9.47 Å². The molecule has 4 rings (SSSR count). The Bertz CT molecular complexity index is 1200. The van der Waals surface area contributed by atoms with Gasteiger partial charge in [0.15, 0.2) is 17.3 Å². The summed E-state index contributed by atoms with van der Waals surface area (Å²) < 4.78 is 13.5. The van der Waals surface area contributed by atoms with Crippen molar-refractivity contribution in [3.8, 4) is 17.6 Å². The Balaban J connectivity index is 1.57. The summed E-state index contributed by atoms with van der Waals surface area (Å²) in [6, 6.07) is 13.1. The van der Waals surface area contributed by atoms with Crippen LogP contribution in [-0.4, -0.2) is 21.9 Å². The predicted octanol–water partition coefficient (Wildman–Crippen LogP) is 5.96. The second-order valence-electron chi connectivity index (χ2n) is 7.51. The third kappa shape index (κ3) is 4.90. The highest BCUT2D eigenvalue weighted by Gasteiger charge is 2.18. The molecular formula is C24H22Cl2N4O2. The van der Waals surface area contributed by atoms with Crippen molar-refractivity contribution in [2.45, 2.75) is 38.8 Å². The zero-order valence-corrected chi connectivity index (χ0v) is 19.2. The smallest absolute Gasteiger partial charge is 0.174 e. The van der Waals surface area contributed by atoms with Gasteiger partial charge in [-0.2, -0.15) is 5.26 Å². The number of hydrogen-bond donors (Lipinski definition) is 0. The molecule has 0 spiro atoms. The van der Waals surface area contributed by atoms with E-state index in [0.717, 1.165) is 49.2 Å². The van der Waals surface area contributed by atoms with Gasteiger partial charge in [-0.25, -0.2) is 0 Å². The SMILES string of the molecule is COc1cc(C=C(C#N)c2nnc3n2CCCCC3)ccc1OCc1ccc(Cl)cc1Cl. The zero-order chi connectivity index (χ0) is 22.5. The fourth-order valence-corrected chi connectivity index (χ4v) is 4.15. The Hall–Kier alpha value is -3.01. The first-order valence-corrected chi connectivity index (χ1v) is 11.1. The van der Waals surface area contributed by atoms with Crippen molar-refractivity contribution in [1.29, 1.82) is 5.26 Å². The standard InChI is InChI=1S/C24H22Cl2N4O2/c1-31-22-12-16(6-9-21(22)32-15-17-7-8-19(25)13-20(17)26)11-18(14-27)24-29-28-23-5-3-2-4-10-30(23)24/h6-9,11-13H,2-5,10,15H2,1H3. The van der Waals surface area contributed by atoms with Crippen LogP contribution >= 0.6 is 23.2 Å². The maximum atomic E-state index is 9.79. The summed E-state index contributed by atoms with van der Waals surface area (Å²) in [4.78, 5) is 0. The molecule has 2 aromatic carbocycles. The number of hydrogen-bond acceptors (Lipinski definition) is 5. The highest BCUT2D eigenvalue weighted by molar-refractivity contribution is 6.35. The molecular weight excluding hydrogens is 447 g/mol. The Morgan fingerprint density at radius 2 is 2.00 bits per heavy atom.